The highest BCUT2D eigenvalue weighted by Crippen LogP contribution is 2.03. The monoisotopic (exact) mass is 478 g/mol. The van der Waals surface area contributed by atoms with Crippen molar-refractivity contribution in [3.63, 3.8) is 0 Å². The number of amides is 3. The van der Waals surface area contributed by atoms with Crippen LogP contribution in [0.3, 0.4) is 0 Å². The summed E-state index contributed by atoms with van der Waals surface area (Å²) in [4.78, 5) is 46.4. The Bertz CT molecular complexity index is 940. The van der Waals surface area contributed by atoms with Crippen LogP contribution in [0, 0.1) is 0 Å². The number of benzene rings is 1. The smallest absolute Gasteiger partial charge is 0.412 e. The minimum atomic E-state index is -1.17. The topological polar surface area (TPSA) is 138 Å². The lowest BCUT2D eigenvalue weighted by Crippen LogP contribution is -3.00. The molecule has 2 atom stereocenters. The highest BCUT2D eigenvalue weighted by Gasteiger charge is 2.16. The highest BCUT2D eigenvalue weighted by atomic mass is 35.5. The van der Waals surface area contributed by atoms with E-state index < -0.39 is 29.9 Å². The fourth-order valence-electron chi connectivity index (χ4n) is 2.71. The number of carbonyl (C=O) groups is 4. The zero-order valence-electron chi connectivity index (χ0n) is 18.3. The molecule has 1 aromatic carbocycles. The molecule has 0 aliphatic carbocycles. The standard InChI is InChI=1S/C22H26N4O6.ClH/c1-15(12-17-6-4-3-5-7-17)24-22(31)32-14-26-10-8-18(9-11-26)20(28)23-13-19(27)25-16(2)21(29)30;/h3-11,15-16H,12-14H2,1-2H3,(H3-,23,24,25,27,28,29,30,31);1H/t15-,16-;/m0./s1. The van der Waals surface area contributed by atoms with Crippen molar-refractivity contribution >= 4 is 23.9 Å². The predicted octanol–water partition coefficient (Wildman–Crippen LogP) is -2.39. The van der Waals surface area contributed by atoms with E-state index in [1.54, 1.807) is 17.0 Å². The first-order valence-electron chi connectivity index (χ1n) is 10.0. The van der Waals surface area contributed by atoms with E-state index >= 15 is 0 Å². The number of halogens is 1. The number of pyridine rings is 1. The van der Waals surface area contributed by atoms with Crippen LogP contribution in [0.15, 0.2) is 54.9 Å². The maximum Gasteiger partial charge on any atom is 0.412 e. The van der Waals surface area contributed by atoms with Gasteiger partial charge in [0.1, 0.15) is 6.04 Å². The fourth-order valence-corrected chi connectivity index (χ4v) is 2.71. The van der Waals surface area contributed by atoms with E-state index in [0.29, 0.717) is 12.0 Å². The second-order valence-corrected chi connectivity index (χ2v) is 7.21. The molecule has 4 N–H and O–H groups in total. The van der Waals surface area contributed by atoms with Crippen LogP contribution >= 0.6 is 0 Å². The summed E-state index contributed by atoms with van der Waals surface area (Å²) < 4.78 is 6.75. The second kappa shape index (κ2) is 13.7. The van der Waals surface area contributed by atoms with Crippen molar-refractivity contribution in [1.82, 2.24) is 16.0 Å². The SMILES string of the molecule is C[C@H](NC(=O)CNC(=O)c1cc[n+](COC(=O)N[C@@H](C)Cc2ccccc2)cc1)C(=O)O.[Cl-]. The maximum atomic E-state index is 12.1. The van der Waals surface area contributed by atoms with Crippen LogP contribution in [0.1, 0.15) is 29.8 Å². The summed E-state index contributed by atoms with van der Waals surface area (Å²) in [5.74, 6) is -2.28. The van der Waals surface area contributed by atoms with Gasteiger partial charge in [-0.1, -0.05) is 30.3 Å². The van der Waals surface area contributed by atoms with E-state index in [2.05, 4.69) is 16.0 Å². The van der Waals surface area contributed by atoms with Gasteiger partial charge in [0, 0.05) is 18.2 Å². The Kier molecular flexibility index (Phi) is 11.4. The molecule has 1 heterocycles. The zero-order valence-corrected chi connectivity index (χ0v) is 19.0. The maximum absolute atomic E-state index is 12.1. The van der Waals surface area contributed by atoms with Crippen LogP contribution in [0.2, 0.25) is 0 Å². The number of aliphatic carboxylic acids is 1. The van der Waals surface area contributed by atoms with Crippen molar-refractivity contribution < 1.29 is 46.0 Å². The normalized spacial score (nSPS) is 11.8. The Balaban J connectivity index is 0.00000544. The molecule has 3 amide bonds. The van der Waals surface area contributed by atoms with Gasteiger partial charge in [-0.15, -0.1) is 0 Å². The van der Waals surface area contributed by atoms with Crippen molar-refractivity contribution in [3.8, 4) is 0 Å². The fraction of sp³-hybridized carbons (Fsp3) is 0.318. The summed E-state index contributed by atoms with van der Waals surface area (Å²) >= 11 is 0. The van der Waals surface area contributed by atoms with E-state index in [1.807, 2.05) is 37.3 Å². The van der Waals surface area contributed by atoms with Gasteiger partial charge in [-0.25, -0.2) is 4.79 Å². The van der Waals surface area contributed by atoms with Gasteiger partial charge in [-0.05, 0) is 25.8 Å². The third-order valence-electron chi connectivity index (χ3n) is 4.40. The average Bonchev–Trinajstić information content (AvgIpc) is 2.77. The molecule has 11 heteroatoms. The number of carboxylic acids is 1. The number of carbonyl (C=O) groups excluding carboxylic acids is 3. The molecule has 0 saturated heterocycles. The minimum absolute atomic E-state index is 0. The van der Waals surface area contributed by atoms with Gasteiger partial charge in [0.05, 0.1) is 12.1 Å². The number of nitrogens with one attached hydrogen (secondary N) is 3. The third kappa shape index (κ3) is 10.0. The van der Waals surface area contributed by atoms with Gasteiger partial charge < -0.3 is 38.2 Å². The molecule has 1 aromatic heterocycles. The van der Waals surface area contributed by atoms with Crippen molar-refractivity contribution in [1.29, 1.82) is 0 Å². The number of alkyl carbamates (subject to hydrolysis) is 1. The molecule has 2 rings (SSSR count). The Labute approximate surface area is 197 Å². The molecule has 0 fully saturated rings. The zero-order chi connectivity index (χ0) is 23.5. The molecule has 10 nitrogen and oxygen atoms in total. The summed E-state index contributed by atoms with van der Waals surface area (Å²) in [6.45, 7) is 2.82. The minimum Gasteiger partial charge on any atom is -1.00 e. The van der Waals surface area contributed by atoms with Gasteiger partial charge in [-0.3, -0.25) is 14.4 Å². The molecule has 2 aromatic rings. The second-order valence-electron chi connectivity index (χ2n) is 7.21. The molecule has 0 unspecified atom stereocenters. The number of ether oxygens (including phenoxy) is 1. The van der Waals surface area contributed by atoms with Gasteiger partial charge >= 0.3 is 12.1 Å². The van der Waals surface area contributed by atoms with Crippen LogP contribution in [-0.2, 0) is 27.5 Å². The van der Waals surface area contributed by atoms with Crippen LogP contribution in [-0.4, -0.2) is 47.6 Å². The van der Waals surface area contributed by atoms with Gasteiger partial charge in [0.25, 0.3) is 12.6 Å². The number of aromatic nitrogens is 1. The molecular weight excluding hydrogens is 452 g/mol. The third-order valence-corrected chi connectivity index (χ3v) is 4.40. The molecule has 0 radical (unpaired) electrons. The molecule has 0 spiro atoms. The van der Waals surface area contributed by atoms with Crippen molar-refractivity contribution in [3.05, 3.63) is 66.0 Å². The lowest BCUT2D eigenvalue weighted by Gasteiger charge is -2.13. The Hall–Kier alpha value is -3.66. The van der Waals surface area contributed by atoms with E-state index in [-0.39, 0.29) is 31.7 Å². The summed E-state index contributed by atoms with van der Waals surface area (Å²) in [6, 6.07) is 11.6. The summed E-state index contributed by atoms with van der Waals surface area (Å²) in [5.41, 5.74) is 1.40. The molecule has 0 saturated carbocycles. The van der Waals surface area contributed by atoms with Crippen molar-refractivity contribution in [2.45, 2.75) is 39.1 Å². The van der Waals surface area contributed by atoms with Gasteiger partial charge in [0.2, 0.25) is 5.91 Å². The first-order chi connectivity index (χ1) is 15.2. The quantitative estimate of drug-likeness (QED) is 0.281. The van der Waals surface area contributed by atoms with E-state index in [4.69, 9.17) is 9.84 Å². The Morgan fingerprint density at radius 1 is 1.00 bits per heavy atom. The van der Waals surface area contributed by atoms with E-state index in [1.165, 1.54) is 19.1 Å². The van der Waals surface area contributed by atoms with Crippen molar-refractivity contribution in [2.75, 3.05) is 6.54 Å². The summed E-state index contributed by atoms with van der Waals surface area (Å²) in [7, 11) is 0. The predicted molar refractivity (Wildman–Crippen MR) is 113 cm³/mol. The molecule has 0 aliphatic rings. The number of carboxylic acid groups (broad SMARTS) is 1. The average molecular weight is 479 g/mol. The first-order valence-corrected chi connectivity index (χ1v) is 10.0. The largest absolute Gasteiger partial charge is 1.00 e. The number of rotatable bonds is 10. The van der Waals surface area contributed by atoms with Crippen LogP contribution in [0.25, 0.3) is 0 Å². The number of hydrogen-bond donors (Lipinski definition) is 4. The number of hydrogen-bond acceptors (Lipinski definition) is 5. The van der Waals surface area contributed by atoms with Gasteiger partial charge in [0.15, 0.2) is 12.4 Å². The lowest BCUT2D eigenvalue weighted by atomic mass is 10.1. The Morgan fingerprint density at radius 2 is 1.64 bits per heavy atom. The molecule has 0 aliphatic heterocycles. The van der Waals surface area contributed by atoms with Crippen LogP contribution in [0.4, 0.5) is 4.79 Å². The van der Waals surface area contributed by atoms with E-state index in [0.717, 1.165) is 5.56 Å². The molecule has 178 valence electrons. The van der Waals surface area contributed by atoms with Crippen LogP contribution in [0.5, 0.6) is 0 Å². The van der Waals surface area contributed by atoms with Crippen LogP contribution < -0.4 is 32.9 Å². The Morgan fingerprint density at radius 3 is 2.24 bits per heavy atom. The summed E-state index contributed by atoms with van der Waals surface area (Å²) in [6.07, 6.45) is 3.24. The molecule has 0 bridgehead atoms. The molecular formula is C22H27ClN4O6. The molecule has 33 heavy (non-hydrogen) atoms. The lowest BCUT2D eigenvalue weighted by molar-refractivity contribution is -0.727. The van der Waals surface area contributed by atoms with Crippen molar-refractivity contribution in [2.24, 2.45) is 0 Å². The number of nitrogens with zero attached hydrogens (tertiary/aromatic N) is 1. The van der Waals surface area contributed by atoms with Gasteiger partial charge in [-0.2, -0.15) is 4.57 Å². The van der Waals surface area contributed by atoms with E-state index in [9.17, 15) is 19.2 Å². The highest BCUT2D eigenvalue weighted by molar-refractivity contribution is 5.96. The first kappa shape index (κ1) is 27.4. The summed E-state index contributed by atoms with van der Waals surface area (Å²) in [5, 5.41) is 16.2.